The van der Waals surface area contributed by atoms with Crippen molar-refractivity contribution in [2.24, 2.45) is 0 Å². The summed E-state index contributed by atoms with van der Waals surface area (Å²) in [6.07, 6.45) is 5.92. The molecule has 156 valence electrons. The summed E-state index contributed by atoms with van der Waals surface area (Å²) in [5, 5.41) is 4.47. The lowest BCUT2D eigenvalue weighted by atomic mass is 10.1. The van der Waals surface area contributed by atoms with Crippen LogP contribution < -0.4 is 5.56 Å². The van der Waals surface area contributed by atoms with Crippen LogP contribution >= 0.6 is 0 Å². The Morgan fingerprint density at radius 3 is 2.68 bits per heavy atom. The molecule has 0 spiro atoms. The molecule has 1 N–H and O–H groups in total. The Balaban J connectivity index is 1.36. The van der Waals surface area contributed by atoms with Crippen molar-refractivity contribution in [1.82, 2.24) is 29.6 Å². The zero-order valence-corrected chi connectivity index (χ0v) is 17.0. The van der Waals surface area contributed by atoms with Crippen LogP contribution in [0.5, 0.6) is 0 Å². The fourth-order valence-corrected chi connectivity index (χ4v) is 3.94. The number of hydrogen-bond acceptors (Lipinski definition) is 5. The minimum absolute atomic E-state index is 0.0970. The lowest BCUT2D eigenvalue weighted by Gasteiger charge is -2.27. The molecule has 3 aromatic heterocycles. The van der Waals surface area contributed by atoms with Crippen LogP contribution in [0.25, 0.3) is 17.1 Å². The molecule has 0 unspecified atom stereocenters. The maximum Gasteiger partial charge on any atom is 0.255 e. The molecule has 7 nitrogen and oxygen atoms in total. The van der Waals surface area contributed by atoms with Gasteiger partial charge in [0, 0.05) is 55.3 Å². The van der Waals surface area contributed by atoms with Crippen molar-refractivity contribution in [2.75, 3.05) is 6.54 Å². The first-order valence-corrected chi connectivity index (χ1v) is 10.1. The van der Waals surface area contributed by atoms with E-state index in [0.717, 1.165) is 34.7 Å². The van der Waals surface area contributed by atoms with E-state index in [1.807, 2.05) is 29.9 Å². The highest BCUT2D eigenvalue weighted by Gasteiger charge is 2.23. The molecule has 5 rings (SSSR count). The summed E-state index contributed by atoms with van der Waals surface area (Å²) in [6, 6.07) is 9.95. The van der Waals surface area contributed by atoms with Gasteiger partial charge in [-0.15, -0.1) is 0 Å². The molecule has 31 heavy (non-hydrogen) atoms. The maximum absolute atomic E-state index is 13.2. The zero-order valence-electron chi connectivity index (χ0n) is 17.0. The summed E-state index contributed by atoms with van der Waals surface area (Å²) in [7, 11) is 0. The molecule has 0 fully saturated rings. The Bertz CT molecular complexity index is 1280. The van der Waals surface area contributed by atoms with Gasteiger partial charge in [-0.25, -0.2) is 14.1 Å². The van der Waals surface area contributed by atoms with Crippen molar-refractivity contribution >= 4 is 0 Å². The number of nitrogens with one attached hydrogen (secondary N) is 1. The van der Waals surface area contributed by atoms with Gasteiger partial charge in [0.05, 0.1) is 23.1 Å². The second kappa shape index (κ2) is 7.88. The van der Waals surface area contributed by atoms with E-state index < -0.39 is 0 Å². The zero-order chi connectivity index (χ0) is 21.4. The van der Waals surface area contributed by atoms with Crippen molar-refractivity contribution < 1.29 is 4.39 Å². The van der Waals surface area contributed by atoms with E-state index in [9.17, 15) is 9.18 Å². The molecule has 0 aliphatic carbocycles. The maximum atomic E-state index is 13.2. The average molecular weight is 416 g/mol. The predicted octanol–water partition coefficient (Wildman–Crippen LogP) is 3.02. The highest BCUT2D eigenvalue weighted by Crippen LogP contribution is 2.21. The van der Waals surface area contributed by atoms with Crippen LogP contribution in [0.2, 0.25) is 0 Å². The fourth-order valence-electron chi connectivity index (χ4n) is 3.94. The van der Waals surface area contributed by atoms with Gasteiger partial charge < -0.3 is 4.98 Å². The summed E-state index contributed by atoms with van der Waals surface area (Å²) in [6.45, 7) is 4.02. The number of fused-ring (bicyclic) bond motifs is 1. The highest BCUT2D eigenvalue weighted by atomic mass is 19.1. The number of hydrogen-bond donors (Lipinski definition) is 1. The van der Waals surface area contributed by atoms with Gasteiger partial charge in [0.1, 0.15) is 11.6 Å². The van der Waals surface area contributed by atoms with E-state index in [4.69, 9.17) is 4.98 Å². The second-order valence-corrected chi connectivity index (χ2v) is 7.68. The van der Waals surface area contributed by atoms with Crippen molar-refractivity contribution in [2.45, 2.75) is 26.4 Å². The van der Waals surface area contributed by atoms with Crippen LogP contribution in [0.4, 0.5) is 4.39 Å². The minimum atomic E-state index is -0.272. The third-order valence-corrected chi connectivity index (χ3v) is 5.68. The quantitative estimate of drug-likeness (QED) is 0.553. The Hall–Kier alpha value is -3.65. The molecule has 8 heteroatoms. The van der Waals surface area contributed by atoms with Crippen molar-refractivity contribution in [1.29, 1.82) is 0 Å². The summed E-state index contributed by atoms with van der Waals surface area (Å²) >= 11 is 0. The average Bonchev–Trinajstić information content (AvgIpc) is 3.15. The minimum Gasteiger partial charge on any atom is -0.306 e. The van der Waals surface area contributed by atoms with Crippen LogP contribution in [-0.2, 0) is 19.5 Å². The molecule has 1 aliphatic rings. The number of pyridine rings is 1. The standard InChI is InChI=1S/C23H21FN6O/c1-15-17(12-26-30(15)19-4-2-18(24)3-5-19)13-29-11-8-21-20(14-29)23(31)28-22(27-21)16-6-9-25-10-7-16/h2-7,9-10,12H,8,11,13-14H2,1H3,(H,27,28,31). The SMILES string of the molecule is Cc1c(CN2CCc3nc(-c4ccncc4)[nH]c(=O)c3C2)cnn1-c1ccc(F)cc1. The third-order valence-electron chi connectivity index (χ3n) is 5.68. The molecule has 1 aromatic carbocycles. The molecule has 0 atom stereocenters. The van der Waals surface area contributed by atoms with E-state index in [1.165, 1.54) is 12.1 Å². The predicted molar refractivity (Wildman–Crippen MR) is 114 cm³/mol. The molecule has 4 aromatic rings. The summed E-state index contributed by atoms with van der Waals surface area (Å²) in [5.41, 5.74) is 5.21. The van der Waals surface area contributed by atoms with Gasteiger partial charge in [0.25, 0.3) is 5.56 Å². The topological polar surface area (TPSA) is 79.7 Å². The van der Waals surface area contributed by atoms with Crippen LogP contribution in [0.1, 0.15) is 22.5 Å². The number of benzene rings is 1. The Morgan fingerprint density at radius 2 is 1.90 bits per heavy atom. The largest absolute Gasteiger partial charge is 0.306 e. The summed E-state index contributed by atoms with van der Waals surface area (Å²) in [5.74, 6) is 0.308. The monoisotopic (exact) mass is 416 g/mol. The number of rotatable bonds is 4. The molecule has 0 saturated heterocycles. The van der Waals surface area contributed by atoms with Gasteiger partial charge in [-0.2, -0.15) is 5.10 Å². The van der Waals surface area contributed by atoms with Crippen molar-refractivity contribution in [3.05, 3.63) is 93.7 Å². The number of aromatic nitrogens is 5. The Kier molecular flexibility index (Phi) is 4.91. The second-order valence-electron chi connectivity index (χ2n) is 7.68. The van der Waals surface area contributed by atoms with E-state index in [0.29, 0.717) is 30.9 Å². The fraction of sp³-hybridized carbons (Fsp3) is 0.217. The highest BCUT2D eigenvalue weighted by molar-refractivity contribution is 5.54. The number of H-pyrrole nitrogens is 1. The van der Waals surface area contributed by atoms with Crippen LogP contribution in [0.3, 0.4) is 0 Å². The van der Waals surface area contributed by atoms with Crippen LogP contribution in [-0.4, -0.2) is 36.2 Å². The summed E-state index contributed by atoms with van der Waals surface area (Å²) in [4.78, 5) is 26.6. The van der Waals surface area contributed by atoms with E-state index in [2.05, 4.69) is 20.0 Å². The normalized spacial score (nSPS) is 13.9. The van der Waals surface area contributed by atoms with Crippen molar-refractivity contribution in [3.63, 3.8) is 0 Å². The molecule has 4 heterocycles. The van der Waals surface area contributed by atoms with Crippen LogP contribution in [0.15, 0.2) is 59.8 Å². The first-order valence-electron chi connectivity index (χ1n) is 10.1. The first-order chi connectivity index (χ1) is 15.1. The van der Waals surface area contributed by atoms with Gasteiger partial charge >= 0.3 is 0 Å². The molecular weight excluding hydrogens is 395 g/mol. The van der Waals surface area contributed by atoms with Gasteiger partial charge in [0.15, 0.2) is 0 Å². The number of nitrogens with zero attached hydrogens (tertiary/aromatic N) is 5. The molecule has 0 bridgehead atoms. The molecule has 0 radical (unpaired) electrons. The van der Waals surface area contributed by atoms with E-state index in [1.54, 1.807) is 24.5 Å². The lowest BCUT2D eigenvalue weighted by molar-refractivity contribution is 0.241. The van der Waals surface area contributed by atoms with Gasteiger partial charge in [0.2, 0.25) is 0 Å². The third kappa shape index (κ3) is 3.77. The molecule has 0 saturated carbocycles. The van der Waals surface area contributed by atoms with Crippen molar-refractivity contribution in [3.8, 4) is 17.1 Å². The van der Waals surface area contributed by atoms with Gasteiger partial charge in [-0.05, 0) is 43.3 Å². The smallest absolute Gasteiger partial charge is 0.255 e. The van der Waals surface area contributed by atoms with E-state index in [-0.39, 0.29) is 11.4 Å². The molecular formula is C23H21FN6O. The first kappa shape index (κ1) is 19.3. The summed E-state index contributed by atoms with van der Waals surface area (Å²) < 4.78 is 15.0. The van der Waals surface area contributed by atoms with Gasteiger partial charge in [-0.1, -0.05) is 0 Å². The Morgan fingerprint density at radius 1 is 1.13 bits per heavy atom. The molecule has 1 aliphatic heterocycles. The van der Waals surface area contributed by atoms with E-state index >= 15 is 0 Å². The molecule has 0 amide bonds. The number of aromatic amines is 1. The number of halogens is 1. The van der Waals surface area contributed by atoms with Gasteiger partial charge in [-0.3, -0.25) is 14.7 Å². The Labute approximate surface area is 178 Å². The lowest BCUT2D eigenvalue weighted by Crippen LogP contribution is -2.35. The van der Waals surface area contributed by atoms with Crippen LogP contribution in [0, 0.1) is 12.7 Å².